The maximum atomic E-state index is 7.54. The van der Waals surface area contributed by atoms with Gasteiger partial charge >= 0.3 is 0 Å². The Morgan fingerprint density at radius 1 is 0.682 bits per heavy atom. The lowest BCUT2D eigenvalue weighted by atomic mass is 9.30. The van der Waals surface area contributed by atoms with E-state index in [1.807, 2.05) is 0 Å². The Hall–Kier alpha value is -3.66. The van der Waals surface area contributed by atoms with E-state index in [9.17, 15) is 0 Å². The quantitative estimate of drug-likeness (QED) is 0.280. The summed E-state index contributed by atoms with van der Waals surface area (Å²) in [6.45, 7) is 42.5. The van der Waals surface area contributed by atoms with E-state index in [0.29, 0.717) is 11.8 Å². The van der Waals surface area contributed by atoms with Crippen molar-refractivity contribution in [1.29, 1.82) is 0 Å². The minimum absolute atomic E-state index is 0.0929. The second kappa shape index (κ2) is 14.0. The van der Waals surface area contributed by atoms with Gasteiger partial charge < -0.3 is 14.2 Å². The third-order valence-corrected chi connectivity index (χ3v) is 19.8. The van der Waals surface area contributed by atoms with Crippen LogP contribution in [0.2, 0.25) is 0 Å². The molecule has 7 aliphatic carbocycles. The van der Waals surface area contributed by atoms with Crippen LogP contribution < -0.4 is 20.7 Å². The van der Waals surface area contributed by atoms with E-state index in [1.54, 1.807) is 38.9 Å². The molecule has 2 saturated carbocycles. The molecule has 0 spiro atoms. The fourth-order valence-corrected chi connectivity index (χ4v) is 14.9. The topological polar surface area (TPSA) is 19.6 Å². The summed E-state index contributed by atoms with van der Waals surface area (Å²) in [5.41, 5.74) is 20.9. The van der Waals surface area contributed by atoms with Gasteiger partial charge in [0.2, 0.25) is 0 Å². The van der Waals surface area contributed by atoms with Crippen LogP contribution in [0, 0.1) is 38.9 Å². The van der Waals surface area contributed by atoms with Gasteiger partial charge in [-0.2, -0.15) is 0 Å². The number of allylic oxidation sites excluding steroid dienone is 6. The van der Waals surface area contributed by atoms with Crippen LogP contribution in [0.5, 0.6) is 0 Å². The molecule has 11 rings (SSSR count). The van der Waals surface area contributed by atoms with Crippen LogP contribution in [-0.4, -0.2) is 24.8 Å². The highest BCUT2D eigenvalue weighted by molar-refractivity contribution is 6.94. The molecule has 5 atom stereocenters. The summed E-state index contributed by atoms with van der Waals surface area (Å²) in [6, 6.07) is 6.11. The number of fused-ring (bicyclic) bond motifs is 9. The van der Waals surface area contributed by atoms with Crippen LogP contribution in [-0.2, 0) is 17.3 Å². The zero-order valence-electron chi connectivity index (χ0n) is 44.3. The molecule has 0 bridgehead atoms. The van der Waals surface area contributed by atoms with Gasteiger partial charge in [0.15, 0.2) is 5.88 Å². The SMILES string of the molecule is CC1=CC2=C3B(c4cc5c(cc4N2C2C=C4C(=CC2C)C(C)(C)CCC4(C)C)C(C)(C)CCC5(C)C)c2c(oc4c2CC(C(C)(C)C)C=C4)N(C2C=C4C(=CC2)C(C)(C)CCC4(C)C)C3C1. The predicted octanol–water partition coefficient (Wildman–Crippen LogP) is 14.8. The number of furan rings is 1. The van der Waals surface area contributed by atoms with Crippen LogP contribution in [0.4, 0.5) is 11.6 Å². The first kappa shape index (κ1) is 44.8. The highest BCUT2D eigenvalue weighted by Crippen LogP contribution is 2.58. The van der Waals surface area contributed by atoms with E-state index in [-0.39, 0.29) is 62.7 Å². The zero-order chi connectivity index (χ0) is 47.2. The molecule has 66 heavy (non-hydrogen) atoms. The van der Waals surface area contributed by atoms with Crippen LogP contribution >= 0.6 is 0 Å². The van der Waals surface area contributed by atoms with Gasteiger partial charge in [-0.1, -0.05) is 153 Å². The van der Waals surface area contributed by atoms with Gasteiger partial charge in [0.05, 0.1) is 18.1 Å². The van der Waals surface area contributed by atoms with Crippen molar-refractivity contribution in [1.82, 2.24) is 0 Å². The van der Waals surface area contributed by atoms with Crippen molar-refractivity contribution < 1.29 is 4.42 Å². The monoisotopic (exact) mass is 883 g/mol. The summed E-state index contributed by atoms with van der Waals surface area (Å²) in [6.07, 6.45) is 28.8. The largest absolute Gasteiger partial charge is 0.441 e. The van der Waals surface area contributed by atoms with Gasteiger partial charge in [-0.15, -0.1) is 0 Å². The molecule has 2 aliphatic heterocycles. The zero-order valence-corrected chi connectivity index (χ0v) is 44.3. The molecule has 3 nitrogen and oxygen atoms in total. The summed E-state index contributed by atoms with van der Waals surface area (Å²) in [7, 11) is 0. The first-order valence-electron chi connectivity index (χ1n) is 26.5. The second-order valence-corrected chi connectivity index (χ2v) is 28.2. The number of nitrogens with zero attached hydrogens (tertiary/aromatic N) is 2. The number of hydrogen-bond acceptors (Lipinski definition) is 3. The third-order valence-electron chi connectivity index (χ3n) is 19.8. The predicted molar refractivity (Wildman–Crippen MR) is 283 cm³/mol. The van der Waals surface area contributed by atoms with E-state index in [2.05, 4.69) is 182 Å². The van der Waals surface area contributed by atoms with E-state index in [0.717, 1.165) is 30.9 Å². The highest BCUT2D eigenvalue weighted by atomic mass is 16.4. The summed E-state index contributed by atoms with van der Waals surface area (Å²) >= 11 is 0. The lowest BCUT2D eigenvalue weighted by Crippen LogP contribution is -2.65. The fourth-order valence-electron chi connectivity index (χ4n) is 14.9. The molecular formula is C62H83BN2O. The Kier molecular flexibility index (Phi) is 9.50. The molecule has 1 aromatic heterocycles. The molecule has 2 fully saturated rings. The number of benzene rings is 1. The Morgan fingerprint density at radius 3 is 1.86 bits per heavy atom. The van der Waals surface area contributed by atoms with Gasteiger partial charge in [-0.25, -0.2) is 0 Å². The Bertz CT molecular complexity index is 2680. The molecule has 0 amide bonds. The van der Waals surface area contributed by atoms with Crippen molar-refractivity contribution in [2.75, 3.05) is 9.80 Å². The van der Waals surface area contributed by atoms with Gasteiger partial charge in [-0.05, 0) is 188 Å². The van der Waals surface area contributed by atoms with Gasteiger partial charge in [-0.3, -0.25) is 0 Å². The van der Waals surface area contributed by atoms with Crippen molar-refractivity contribution in [2.45, 2.75) is 204 Å². The standard InChI is InChI=1S/C62H83BN2O/c1-36-28-50-54-51(29-36)65(48-34-45-42(30-37(48)2)58(8,9)24-26-61(45,14)15)49-35-46-44(60(12,13)25-27-62(46,16)17)33-47(49)63(54)53-40-31-38(56(3,4)5)18-21-52(40)66-55(53)64(50)39-19-20-41-43(32-39)59(10,11)23-22-57(41,6)7/h18,20-21,29-30,32-35,37-39,48,50H,19,22-28,31H2,1-17H3. The molecule has 5 unspecified atom stereocenters. The molecule has 1 aromatic carbocycles. The first-order chi connectivity index (χ1) is 30.6. The fraction of sp³-hybridized carbons (Fsp3) is 0.613. The summed E-state index contributed by atoms with van der Waals surface area (Å²) in [5, 5.41) is 0. The van der Waals surface area contributed by atoms with Crippen LogP contribution in [0.3, 0.4) is 0 Å². The molecule has 2 aromatic rings. The second-order valence-electron chi connectivity index (χ2n) is 28.2. The smallest absolute Gasteiger partial charge is 0.252 e. The molecule has 0 saturated heterocycles. The number of hydrogen-bond donors (Lipinski definition) is 0. The van der Waals surface area contributed by atoms with Gasteiger partial charge in [0.25, 0.3) is 6.71 Å². The van der Waals surface area contributed by atoms with E-state index in [4.69, 9.17) is 4.42 Å². The average molecular weight is 883 g/mol. The average Bonchev–Trinajstić information content (AvgIpc) is 3.61. The molecule has 4 heteroatoms. The van der Waals surface area contributed by atoms with E-state index in [1.165, 1.54) is 72.0 Å². The Morgan fingerprint density at radius 2 is 1.24 bits per heavy atom. The number of anilines is 2. The molecule has 0 radical (unpaired) electrons. The third kappa shape index (κ3) is 6.46. The van der Waals surface area contributed by atoms with Crippen LogP contribution in [0.15, 0.2) is 92.0 Å². The summed E-state index contributed by atoms with van der Waals surface area (Å²) in [4.78, 5) is 5.78. The maximum absolute atomic E-state index is 7.54. The molecule has 350 valence electrons. The lowest BCUT2D eigenvalue weighted by Gasteiger charge is -2.55. The van der Waals surface area contributed by atoms with Crippen molar-refractivity contribution in [3.8, 4) is 0 Å². The van der Waals surface area contributed by atoms with Crippen molar-refractivity contribution in [2.24, 2.45) is 38.9 Å². The molecule has 3 heterocycles. The van der Waals surface area contributed by atoms with E-state index < -0.39 is 0 Å². The van der Waals surface area contributed by atoms with Gasteiger partial charge in [0, 0.05) is 11.4 Å². The molecular weight excluding hydrogens is 800 g/mol. The van der Waals surface area contributed by atoms with Gasteiger partial charge in [0.1, 0.15) is 5.76 Å². The Labute approximate surface area is 401 Å². The van der Waals surface area contributed by atoms with Crippen molar-refractivity contribution in [3.05, 3.63) is 110 Å². The summed E-state index contributed by atoms with van der Waals surface area (Å²) in [5.74, 6) is 3.04. The molecule has 9 aliphatic rings. The highest BCUT2D eigenvalue weighted by Gasteiger charge is 2.56. The first-order valence-corrected chi connectivity index (χ1v) is 26.5. The lowest BCUT2D eigenvalue weighted by molar-refractivity contribution is 0.252. The molecule has 0 N–H and O–H groups in total. The number of rotatable bonds is 2. The van der Waals surface area contributed by atoms with E-state index >= 15 is 0 Å². The minimum Gasteiger partial charge on any atom is -0.441 e. The van der Waals surface area contributed by atoms with Crippen LogP contribution in [0.25, 0.3) is 6.08 Å². The minimum atomic E-state index is 0.0929. The van der Waals surface area contributed by atoms with Crippen LogP contribution in [0.1, 0.15) is 192 Å². The Balaban J connectivity index is 1.21. The summed E-state index contributed by atoms with van der Waals surface area (Å²) < 4.78 is 7.54. The maximum Gasteiger partial charge on any atom is 0.252 e. The van der Waals surface area contributed by atoms with Crippen molar-refractivity contribution in [3.63, 3.8) is 0 Å². The van der Waals surface area contributed by atoms with Crippen molar-refractivity contribution >= 4 is 35.3 Å². The normalized spacial score (nSPS) is 31.4.